The van der Waals surface area contributed by atoms with E-state index in [1.807, 2.05) is 25.2 Å². The van der Waals surface area contributed by atoms with E-state index in [1.165, 1.54) is 6.92 Å². The number of nitrogens with one attached hydrogen (secondary N) is 1. The largest absolute Gasteiger partial charge is 0.442 e. The summed E-state index contributed by atoms with van der Waals surface area (Å²) in [6.45, 7) is 5.11. The Morgan fingerprint density at radius 3 is 2.93 bits per heavy atom. The zero-order valence-electron chi connectivity index (χ0n) is 9.21. The Morgan fingerprint density at radius 2 is 2.40 bits per heavy atom. The van der Waals surface area contributed by atoms with E-state index in [9.17, 15) is 4.79 Å². The average molecular weight is 230 g/mol. The highest BCUT2D eigenvalue weighted by atomic mass is 35.5. The number of carbonyl (C=O) groups excluding carboxylic acids is 1. The van der Waals surface area contributed by atoms with Crippen molar-refractivity contribution in [3.05, 3.63) is 23.9 Å². The zero-order chi connectivity index (χ0) is 11.5. The van der Waals surface area contributed by atoms with Crippen LogP contribution < -0.4 is 5.32 Å². The topological polar surface area (TPSA) is 38.3 Å². The fraction of sp³-hybridized carbons (Fsp3) is 0.545. The van der Waals surface area contributed by atoms with Crippen LogP contribution in [0.15, 0.2) is 23.9 Å². The lowest BCUT2D eigenvalue weighted by Crippen LogP contribution is -2.33. The van der Waals surface area contributed by atoms with Crippen LogP contribution in [0.1, 0.15) is 27.2 Å². The van der Waals surface area contributed by atoms with Gasteiger partial charge in [-0.2, -0.15) is 0 Å². The van der Waals surface area contributed by atoms with Crippen molar-refractivity contribution in [1.29, 1.82) is 0 Å². The molecule has 2 atom stereocenters. The molecule has 1 rings (SSSR count). The van der Waals surface area contributed by atoms with Crippen molar-refractivity contribution < 1.29 is 9.53 Å². The second-order valence-electron chi connectivity index (χ2n) is 3.90. The van der Waals surface area contributed by atoms with Crippen LogP contribution in [0.2, 0.25) is 0 Å². The van der Waals surface area contributed by atoms with Gasteiger partial charge in [0.25, 0.3) is 0 Å². The van der Waals surface area contributed by atoms with Gasteiger partial charge in [-0.15, -0.1) is 11.6 Å². The molecule has 0 heterocycles. The highest BCUT2D eigenvalue weighted by Crippen LogP contribution is 2.27. The highest BCUT2D eigenvalue weighted by Gasteiger charge is 2.22. The van der Waals surface area contributed by atoms with E-state index in [2.05, 4.69) is 5.32 Å². The Labute approximate surface area is 95.1 Å². The van der Waals surface area contributed by atoms with E-state index >= 15 is 0 Å². The predicted molar refractivity (Wildman–Crippen MR) is 60.5 cm³/mol. The Balaban J connectivity index is 2.49. The maximum Gasteiger partial charge on any atom is 0.304 e. The van der Waals surface area contributed by atoms with Gasteiger partial charge in [0, 0.05) is 19.0 Å². The van der Waals surface area contributed by atoms with E-state index in [4.69, 9.17) is 16.3 Å². The van der Waals surface area contributed by atoms with Gasteiger partial charge in [-0.25, -0.2) is 0 Å². The monoisotopic (exact) mass is 229 g/mol. The minimum absolute atomic E-state index is 0.296. The third kappa shape index (κ3) is 4.38. The van der Waals surface area contributed by atoms with Crippen LogP contribution in [0.4, 0.5) is 0 Å². The molecule has 0 saturated heterocycles. The predicted octanol–water partition coefficient (Wildman–Crippen LogP) is 2.33. The van der Waals surface area contributed by atoms with Crippen molar-refractivity contribution in [3.8, 4) is 0 Å². The van der Waals surface area contributed by atoms with Crippen LogP contribution >= 0.6 is 11.6 Å². The lowest BCUT2D eigenvalue weighted by atomic mass is 9.99. The Morgan fingerprint density at radius 1 is 1.73 bits per heavy atom. The number of carbonyl (C=O) groups is 1. The molecule has 0 aromatic rings. The average Bonchev–Trinajstić information content (AvgIpc) is 1.99. The smallest absolute Gasteiger partial charge is 0.304 e. The summed E-state index contributed by atoms with van der Waals surface area (Å²) in [4.78, 5) is 10.3. The first kappa shape index (κ1) is 12.1. The number of ether oxygens (including phenoxy) is 1. The van der Waals surface area contributed by atoms with Crippen molar-refractivity contribution in [2.24, 2.45) is 0 Å². The molecule has 3 nitrogen and oxygen atoms in total. The Hall–Kier alpha value is -0.960. The van der Waals surface area contributed by atoms with E-state index in [1.54, 1.807) is 6.92 Å². The van der Waals surface area contributed by atoms with Crippen molar-refractivity contribution in [2.45, 2.75) is 38.3 Å². The Kier molecular flexibility index (Phi) is 3.80. The molecule has 15 heavy (non-hydrogen) atoms. The molecular weight excluding hydrogens is 214 g/mol. The fourth-order valence-corrected chi connectivity index (χ4v) is 1.71. The van der Waals surface area contributed by atoms with Gasteiger partial charge in [-0.05, 0) is 19.9 Å². The van der Waals surface area contributed by atoms with E-state index < -0.39 is 0 Å². The van der Waals surface area contributed by atoms with Gasteiger partial charge < -0.3 is 10.1 Å². The van der Waals surface area contributed by atoms with Gasteiger partial charge in [0.05, 0.1) is 4.87 Å². The second kappa shape index (κ2) is 4.71. The minimum atomic E-state index is -0.354. The molecule has 0 spiro atoms. The van der Waals surface area contributed by atoms with E-state index in [-0.39, 0.29) is 17.1 Å². The van der Waals surface area contributed by atoms with Crippen LogP contribution in [-0.2, 0) is 9.53 Å². The molecule has 1 N–H and O–H groups in total. The molecule has 2 unspecified atom stereocenters. The molecule has 4 heteroatoms. The molecule has 0 aliphatic heterocycles. The third-order valence-electron chi connectivity index (χ3n) is 2.01. The molecule has 84 valence electrons. The van der Waals surface area contributed by atoms with Gasteiger partial charge in [-0.1, -0.05) is 12.2 Å². The van der Waals surface area contributed by atoms with Gasteiger partial charge in [0.2, 0.25) is 0 Å². The number of alkyl halides is 1. The summed E-state index contributed by atoms with van der Waals surface area (Å²) in [5.74, 6) is -0.296. The highest BCUT2D eigenvalue weighted by molar-refractivity contribution is 6.25. The van der Waals surface area contributed by atoms with Gasteiger partial charge in [-0.3, -0.25) is 4.79 Å². The van der Waals surface area contributed by atoms with Gasteiger partial charge in [0.15, 0.2) is 6.23 Å². The first-order valence-electron chi connectivity index (χ1n) is 4.90. The molecule has 0 radical (unpaired) electrons. The summed E-state index contributed by atoms with van der Waals surface area (Å²) in [6.07, 6.45) is 6.16. The van der Waals surface area contributed by atoms with Crippen LogP contribution in [0, 0.1) is 0 Å². The maximum absolute atomic E-state index is 10.7. The molecule has 0 fully saturated rings. The van der Waals surface area contributed by atoms with Crippen molar-refractivity contribution in [1.82, 2.24) is 5.32 Å². The van der Waals surface area contributed by atoms with Crippen LogP contribution in [-0.4, -0.2) is 17.1 Å². The molecular formula is C11H16ClNO2. The zero-order valence-corrected chi connectivity index (χ0v) is 9.97. The number of hydrogen-bond acceptors (Lipinski definition) is 3. The van der Waals surface area contributed by atoms with Crippen LogP contribution in [0.3, 0.4) is 0 Å². The van der Waals surface area contributed by atoms with Crippen molar-refractivity contribution in [2.75, 3.05) is 0 Å². The van der Waals surface area contributed by atoms with Crippen LogP contribution in [0.5, 0.6) is 0 Å². The maximum atomic E-state index is 10.7. The molecule has 0 aromatic heterocycles. The first-order chi connectivity index (χ1) is 6.89. The van der Waals surface area contributed by atoms with Gasteiger partial charge >= 0.3 is 5.97 Å². The molecule has 0 aromatic carbocycles. The van der Waals surface area contributed by atoms with E-state index in [0.717, 1.165) is 5.70 Å². The standard InChI is InChI=1S/C11H16ClNO2/c1-8(15-9(2)14)13-10-5-4-6-11(3,12)7-10/h4-6,8,13H,7H2,1-3H3. The van der Waals surface area contributed by atoms with Gasteiger partial charge in [0.1, 0.15) is 0 Å². The number of allylic oxidation sites excluding steroid dienone is 4. The normalized spacial score (nSPS) is 26.8. The number of esters is 1. The summed E-state index contributed by atoms with van der Waals surface area (Å²) >= 11 is 6.18. The summed E-state index contributed by atoms with van der Waals surface area (Å²) in [7, 11) is 0. The van der Waals surface area contributed by atoms with Crippen molar-refractivity contribution in [3.63, 3.8) is 0 Å². The second-order valence-corrected chi connectivity index (χ2v) is 4.77. The number of rotatable bonds is 3. The molecule has 1 aliphatic rings. The molecule has 0 saturated carbocycles. The lowest BCUT2D eigenvalue weighted by Gasteiger charge is -2.25. The third-order valence-corrected chi connectivity index (χ3v) is 2.27. The van der Waals surface area contributed by atoms with E-state index in [0.29, 0.717) is 6.42 Å². The lowest BCUT2D eigenvalue weighted by molar-refractivity contribution is -0.146. The quantitative estimate of drug-likeness (QED) is 0.459. The Bertz CT molecular complexity index is 308. The summed E-state index contributed by atoms with van der Waals surface area (Å²) in [5.41, 5.74) is 0.976. The first-order valence-corrected chi connectivity index (χ1v) is 5.28. The summed E-state index contributed by atoms with van der Waals surface area (Å²) in [6, 6.07) is 0. The minimum Gasteiger partial charge on any atom is -0.442 e. The summed E-state index contributed by atoms with van der Waals surface area (Å²) in [5, 5.41) is 3.09. The molecule has 0 amide bonds. The van der Waals surface area contributed by atoms with Crippen LogP contribution in [0.25, 0.3) is 0 Å². The summed E-state index contributed by atoms with van der Waals surface area (Å²) < 4.78 is 4.96. The fourth-order valence-electron chi connectivity index (χ4n) is 1.49. The molecule has 1 aliphatic carbocycles. The SMILES string of the molecule is CC(=O)OC(C)NC1=CC=CC(C)(Cl)C1. The number of hydrogen-bond donors (Lipinski definition) is 1. The van der Waals surface area contributed by atoms with Crippen molar-refractivity contribution >= 4 is 17.6 Å². The molecule has 0 bridgehead atoms. The number of halogens is 1.